The second-order valence-electron chi connectivity index (χ2n) is 4.78. The third-order valence-corrected chi connectivity index (χ3v) is 2.24. The summed E-state index contributed by atoms with van der Waals surface area (Å²) >= 11 is 0. The Balaban J connectivity index is 3.25. The summed E-state index contributed by atoms with van der Waals surface area (Å²) < 4.78 is 38.0. The largest absolute Gasteiger partial charge is 0.451 e. The van der Waals surface area contributed by atoms with Crippen LogP contribution in [0.1, 0.15) is 55.6 Å². The Bertz CT molecular complexity index is 470. The predicted molar refractivity (Wildman–Crippen MR) is 63.7 cm³/mol. The lowest BCUT2D eigenvalue weighted by molar-refractivity contribution is -0.145. The lowest BCUT2D eigenvalue weighted by Crippen LogP contribution is -2.31. The molecule has 1 aromatic rings. The van der Waals surface area contributed by atoms with Crippen molar-refractivity contribution >= 4 is 5.91 Å². The first-order valence-electron chi connectivity index (χ1n) is 5.88. The molecule has 0 saturated heterocycles. The third kappa shape index (κ3) is 4.18. The first kappa shape index (κ1) is 15.4. The van der Waals surface area contributed by atoms with Gasteiger partial charge >= 0.3 is 6.18 Å². The molecule has 1 aromatic heterocycles. The van der Waals surface area contributed by atoms with Crippen LogP contribution in [-0.4, -0.2) is 21.9 Å². The molecule has 1 heterocycles. The number of aromatic nitrogens is 2. The summed E-state index contributed by atoms with van der Waals surface area (Å²) in [6.45, 7) is 6.83. The molecule has 0 aliphatic rings. The van der Waals surface area contributed by atoms with Crippen LogP contribution in [0.5, 0.6) is 0 Å². The van der Waals surface area contributed by atoms with E-state index in [1.54, 1.807) is 27.7 Å². The van der Waals surface area contributed by atoms with Gasteiger partial charge in [-0.25, -0.2) is 9.97 Å². The highest BCUT2D eigenvalue weighted by Crippen LogP contribution is 2.27. The van der Waals surface area contributed by atoms with Gasteiger partial charge in [-0.2, -0.15) is 13.2 Å². The van der Waals surface area contributed by atoms with Crippen molar-refractivity contribution in [2.24, 2.45) is 0 Å². The van der Waals surface area contributed by atoms with E-state index < -0.39 is 17.9 Å². The van der Waals surface area contributed by atoms with Gasteiger partial charge < -0.3 is 5.32 Å². The summed E-state index contributed by atoms with van der Waals surface area (Å²) in [7, 11) is 0. The Kier molecular flexibility index (Phi) is 4.49. The molecule has 0 radical (unpaired) electrons. The summed E-state index contributed by atoms with van der Waals surface area (Å²) in [5, 5.41) is 2.51. The Morgan fingerprint density at radius 3 is 2.21 bits per heavy atom. The minimum Gasteiger partial charge on any atom is -0.349 e. The van der Waals surface area contributed by atoms with E-state index in [1.165, 1.54) is 6.07 Å². The lowest BCUT2D eigenvalue weighted by Gasteiger charge is -2.13. The molecule has 0 aromatic carbocycles. The number of hydrogen-bond acceptors (Lipinski definition) is 3. The molecule has 0 unspecified atom stereocenters. The Hall–Kier alpha value is -1.66. The van der Waals surface area contributed by atoms with Crippen molar-refractivity contribution in [3.8, 4) is 0 Å². The van der Waals surface area contributed by atoms with Gasteiger partial charge in [0.05, 0.1) is 0 Å². The summed E-state index contributed by atoms with van der Waals surface area (Å²) in [5.74, 6) is -2.15. The van der Waals surface area contributed by atoms with E-state index in [1.807, 2.05) is 0 Å². The van der Waals surface area contributed by atoms with E-state index in [2.05, 4.69) is 15.3 Å². The zero-order chi connectivity index (χ0) is 14.8. The molecule has 106 valence electrons. The van der Waals surface area contributed by atoms with Gasteiger partial charge in [0.25, 0.3) is 5.91 Å². The first-order valence-corrected chi connectivity index (χ1v) is 5.88. The van der Waals surface area contributed by atoms with E-state index in [-0.39, 0.29) is 23.3 Å². The summed E-state index contributed by atoms with van der Waals surface area (Å²) in [4.78, 5) is 18.5. The molecule has 0 spiro atoms. The van der Waals surface area contributed by atoms with Crippen LogP contribution in [0.3, 0.4) is 0 Å². The average molecular weight is 275 g/mol. The minimum atomic E-state index is -4.67. The highest BCUT2D eigenvalue weighted by molar-refractivity contribution is 5.92. The number of hydrogen-bond donors (Lipinski definition) is 1. The SMILES string of the molecule is CC(C)NC(=O)c1cc(C(C)C)nc(C(F)(F)F)n1. The van der Waals surface area contributed by atoms with Crippen molar-refractivity contribution in [1.82, 2.24) is 15.3 Å². The van der Waals surface area contributed by atoms with Gasteiger partial charge in [0, 0.05) is 11.7 Å². The van der Waals surface area contributed by atoms with Crippen LogP contribution in [0.4, 0.5) is 13.2 Å². The zero-order valence-corrected chi connectivity index (χ0v) is 11.2. The van der Waals surface area contributed by atoms with Gasteiger partial charge in [0.15, 0.2) is 0 Å². The molecule has 0 aliphatic carbocycles. The van der Waals surface area contributed by atoms with Gasteiger partial charge in [-0.05, 0) is 25.8 Å². The standard InChI is InChI=1S/C12H16F3N3O/c1-6(2)8-5-9(10(19)16-7(3)4)18-11(17-8)12(13,14)15/h5-7H,1-4H3,(H,16,19). The zero-order valence-electron chi connectivity index (χ0n) is 11.2. The lowest BCUT2D eigenvalue weighted by atomic mass is 10.1. The number of carbonyl (C=O) groups excluding carboxylic acids is 1. The molecule has 19 heavy (non-hydrogen) atoms. The van der Waals surface area contributed by atoms with Crippen LogP contribution < -0.4 is 5.32 Å². The van der Waals surface area contributed by atoms with Gasteiger partial charge in [0.1, 0.15) is 5.69 Å². The minimum absolute atomic E-state index is 0.181. The molecule has 7 heteroatoms. The molecule has 0 aliphatic heterocycles. The smallest absolute Gasteiger partial charge is 0.349 e. The predicted octanol–water partition coefficient (Wildman–Crippen LogP) is 2.76. The fourth-order valence-corrected chi connectivity index (χ4v) is 1.34. The third-order valence-electron chi connectivity index (χ3n) is 2.24. The van der Waals surface area contributed by atoms with Gasteiger partial charge in [-0.15, -0.1) is 0 Å². The van der Waals surface area contributed by atoms with Gasteiger partial charge in [-0.3, -0.25) is 4.79 Å². The van der Waals surface area contributed by atoms with E-state index in [4.69, 9.17) is 0 Å². The number of nitrogens with zero attached hydrogens (tertiary/aromatic N) is 2. The molecule has 0 saturated carbocycles. The number of rotatable bonds is 3. The fourth-order valence-electron chi connectivity index (χ4n) is 1.34. The van der Waals surface area contributed by atoms with E-state index >= 15 is 0 Å². The maximum absolute atomic E-state index is 12.7. The van der Waals surface area contributed by atoms with Gasteiger partial charge in [0.2, 0.25) is 5.82 Å². The van der Waals surface area contributed by atoms with Crippen LogP contribution in [0.25, 0.3) is 0 Å². The molecule has 0 fully saturated rings. The van der Waals surface area contributed by atoms with Crippen molar-refractivity contribution < 1.29 is 18.0 Å². The summed E-state index contributed by atoms with van der Waals surface area (Å²) in [6.07, 6.45) is -4.67. The van der Waals surface area contributed by atoms with Crippen molar-refractivity contribution in [2.45, 2.75) is 45.8 Å². The van der Waals surface area contributed by atoms with Gasteiger partial charge in [-0.1, -0.05) is 13.8 Å². The van der Waals surface area contributed by atoms with Crippen molar-refractivity contribution in [1.29, 1.82) is 0 Å². The number of carbonyl (C=O) groups is 1. The maximum Gasteiger partial charge on any atom is 0.451 e. The molecular formula is C12H16F3N3O. The van der Waals surface area contributed by atoms with Crippen molar-refractivity contribution in [3.63, 3.8) is 0 Å². The molecule has 1 amide bonds. The number of amides is 1. The van der Waals surface area contributed by atoms with Crippen LogP contribution in [0, 0.1) is 0 Å². The molecule has 0 atom stereocenters. The highest BCUT2D eigenvalue weighted by Gasteiger charge is 2.36. The topological polar surface area (TPSA) is 54.9 Å². The van der Waals surface area contributed by atoms with Crippen molar-refractivity contribution in [3.05, 3.63) is 23.3 Å². The number of alkyl halides is 3. The Morgan fingerprint density at radius 1 is 1.21 bits per heavy atom. The Morgan fingerprint density at radius 2 is 1.79 bits per heavy atom. The molecule has 4 nitrogen and oxygen atoms in total. The molecule has 1 N–H and O–H groups in total. The van der Waals surface area contributed by atoms with Crippen LogP contribution in [0.2, 0.25) is 0 Å². The van der Waals surface area contributed by atoms with E-state index in [0.717, 1.165) is 0 Å². The molecular weight excluding hydrogens is 259 g/mol. The van der Waals surface area contributed by atoms with E-state index in [9.17, 15) is 18.0 Å². The fraction of sp³-hybridized carbons (Fsp3) is 0.583. The number of nitrogens with one attached hydrogen (secondary N) is 1. The second-order valence-corrected chi connectivity index (χ2v) is 4.78. The number of halogens is 3. The normalized spacial score (nSPS) is 12.1. The molecule has 0 bridgehead atoms. The first-order chi connectivity index (χ1) is 8.61. The molecule has 1 rings (SSSR count). The average Bonchev–Trinajstić information content (AvgIpc) is 2.26. The highest BCUT2D eigenvalue weighted by atomic mass is 19.4. The summed E-state index contributed by atoms with van der Waals surface area (Å²) in [5.41, 5.74) is -0.0732. The monoisotopic (exact) mass is 275 g/mol. The van der Waals surface area contributed by atoms with Crippen LogP contribution in [-0.2, 0) is 6.18 Å². The van der Waals surface area contributed by atoms with E-state index in [0.29, 0.717) is 0 Å². The Labute approximate surface area is 109 Å². The maximum atomic E-state index is 12.7. The summed E-state index contributed by atoms with van der Waals surface area (Å²) in [6, 6.07) is 1.11. The quantitative estimate of drug-likeness (QED) is 0.922. The van der Waals surface area contributed by atoms with Crippen LogP contribution in [0.15, 0.2) is 6.07 Å². The van der Waals surface area contributed by atoms with Crippen LogP contribution >= 0.6 is 0 Å². The van der Waals surface area contributed by atoms with Crippen molar-refractivity contribution in [2.75, 3.05) is 0 Å². The second kappa shape index (κ2) is 5.54.